The first kappa shape index (κ1) is 14.4. The fourth-order valence-corrected chi connectivity index (χ4v) is 3.21. The minimum Gasteiger partial charge on any atom is -0.354 e. The summed E-state index contributed by atoms with van der Waals surface area (Å²) in [6.45, 7) is 7.57. The molecule has 21 heavy (non-hydrogen) atoms. The summed E-state index contributed by atoms with van der Waals surface area (Å²) in [5.74, 6) is 1.46. The van der Waals surface area contributed by atoms with Crippen LogP contribution in [-0.2, 0) is 0 Å². The molecular formula is C17H26N4. The second kappa shape index (κ2) is 6.04. The van der Waals surface area contributed by atoms with E-state index in [0.29, 0.717) is 12.0 Å². The van der Waals surface area contributed by atoms with Gasteiger partial charge in [0, 0.05) is 30.4 Å². The van der Waals surface area contributed by atoms with Gasteiger partial charge < -0.3 is 9.88 Å². The van der Waals surface area contributed by atoms with Crippen LogP contribution in [0.2, 0.25) is 0 Å². The number of anilines is 1. The molecule has 2 aromatic rings. The van der Waals surface area contributed by atoms with E-state index in [4.69, 9.17) is 4.98 Å². The Hall–Kier alpha value is -1.58. The van der Waals surface area contributed by atoms with E-state index in [-0.39, 0.29) is 0 Å². The molecule has 1 N–H and O–H groups in total. The van der Waals surface area contributed by atoms with Gasteiger partial charge in [-0.1, -0.05) is 26.7 Å². The second-order valence-electron chi connectivity index (χ2n) is 6.70. The minimum atomic E-state index is 0.625. The molecule has 0 atom stereocenters. The lowest BCUT2D eigenvalue weighted by molar-refractivity contribution is 0.531. The molecule has 2 heterocycles. The van der Waals surface area contributed by atoms with Crippen LogP contribution in [0.1, 0.15) is 57.6 Å². The summed E-state index contributed by atoms with van der Waals surface area (Å²) in [6, 6.07) is 0.625. The van der Waals surface area contributed by atoms with Gasteiger partial charge >= 0.3 is 0 Å². The molecule has 114 valence electrons. The first-order chi connectivity index (χ1) is 10.1. The summed E-state index contributed by atoms with van der Waals surface area (Å²) in [5.41, 5.74) is 2.38. The third kappa shape index (κ3) is 3.04. The highest BCUT2D eigenvalue weighted by molar-refractivity contribution is 5.80. The van der Waals surface area contributed by atoms with Crippen molar-refractivity contribution in [2.75, 3.05) is 11.9 Å². The topological polar surface area (TPSA) is 42.7 Å². The average Bonchev–Trinajstić information content (AvgIpc) is 3.07. The Morgan fingerprint density at radius 3 is 2.81 bits per heavy atom. The standard InChI is InChI=1S/C17H26N4/c1-12(2)8-9-18-17-19-10-15-13(3)11-21(16(15)20-17)14-6-4-5-7-14/h10-12,14H,4-9H2,1-3H3,(H,18,19,20). The molecule has 0 bridgehead atoms. The molecule has 4 heteroatoms. The third-order valence-corrected chi connectivity index (χ3v) is 4.49. The van der Waals surface area contributed by atoms with Crippen molar-refractivity contribution in [1.82, 2.24) is 14.5 Å². The number of aryl methyl sites for hydroxylation is 1. The molecule has 4 nitrogen and oxygen atoms in total. The molecule has 1 fully saturated rings. The van der Waals surface area contributed by atoms with Crippen LogP contribution in [-0.4, -0.2) is 21.1 Å². The van der Waals surface area contributed by atoms with Gasteiger partial charge in [0.1, 0.15) is 5.65 Å². The molecule has 1 aliphatic carbocycles. The zero-order valence-electron chi connectivity index (χ0n) is 13.4. The third-order valence-electron chi connectivity index (χ3n) is 4.49. The number of nitrogens with one attached hydrogen (secondary N) is 1. The van der Waals surface area contributed by atoms with E-state index in [1.54, 1.807) is 0 Å². The molecule has 0 unspecified atom stereocenters. The van der Waals surface area contributed by atoms with Gasteiger partial charge in [-0.3, -0.25) is 0 Å². The normalized spacial score (nSPS) is 16.2. The summed E-state index contributed by atoms with van der Waals surface area (Å²) >= 11 is 0. The smallest absolute Gasteiger partial charge is 0.224 e. The molecule has 3 rings (SSSR count). The Balaban J connectivity index is 1.86. The lowest BCUT2D eigenvalue weighted by atomic mass is 10.1. The lowest BCUT2D eigenvalue weighted by Gasteiger charge is -2.13. The number of hydrogen-bond donors (Lipinski definition) is 1. The van der Waals surface area contributed by atoms with Crippen molar-refractivity contribution in [3.05, 3.63) is 18.0 Å². The molecular weight excluding hydrogens is 260 g/mol. The van der Waals surface area contributed by atoms with Crippen LogP contribution in [0.3, 0.4) is 0 Å². The predicted molar refractivity (Wildman–Crippen MR) is 87.7 cm³/mol. The van der Waals surface area contributed by atoms with Gasteiger partial charge in [-0.25, -0.2) is 4.98 Å². The van der Waals surface area contributed by atoms with Gasteiger partial charge in [0.15, 0.2) is 0 Å². The van der Waals surface area contributed by atoms with Crippen molar-refractivity contribution >= 4 is 17.0 Å². The van der Waals surface area contributed by atoms with Crippen LogP contribution in [0.15, 0.2) is 12.4 Å². The SMILES string of the molecule is Cc1cn(C2CCCC2)c2nc(NCCC(C)C)ncc12. The molecule has 0 aliphatic heterocycles. The summed E-state index contributed by atoms with van der Waals surface area (Å²) in [5, 5.41) is 4.55. The van der Waals surface area contributed by atoms with Crippen LogP contribution in [0, 0.1) is 12.8 Å². The Labute approximate surface area is 127 Å². The van der Waals surface area contributed by atoms with Crippen molar-refractivity contribution in [1.29, 1.82) is 0 Å². The van der Waals surface area contributed by atoms with Crippen LogP contribution >= 0.6 is 0 Å². The van der Waals surface area contributed by atoms with E-state index in [2.05, 4.69) is 41.8 Å². The van der Waals surface area contributed by atoms with Gasteiger partial charge in [0.05, 0.1) is 0 Å². The summed E-state index contributed by atoms with van der Waals surface area (Å²) < 4.78 is 2.38. The Kier molecular flexibility index (Phi) is 4.13. The number of nitrogens with zero attached hydrogens (tertiary/aromatic N) is 3. The fraction of sp³-hybridized carbons (Fsp3) is 0.647. The second-order valence-corrected chi connectivity index (χ2v) is 6.70. The average molecular weight is 286 g/mol. The first-order valence-electron chi connectivity index (χ1n) is 8.23. The molecule has 0 saturated heterocycles. The van der Waals surface area contributed by atoms with Crippen molar-refractivity contribution in [2.45, 2.75) is 58.9 Å². The van der Waals surface area contributed by atoms with Gasteiger partial charge in [-0.15, -0.1) is 0 Å². The van der Waals surface area contributed by atoms with E-state index < -0.39 is 0 Å². The largest absolute Gasteiger partial charge is 0.354 e. The van der Waals surface area contributed by atoms with Gasteiger partial charge in [0.2, 0.25) is 5.95 Å². The molecule has 0 aromatic carbocycles. The Bertz CT molecular complexity index is 609. The maximum absolute atomic E-state index is 4.78. The number of rotatable bonds is 5. The van der Waals surface area contributed by atoms with E-state index in [1.165, 1.54) is 36.6 Å². The van der Waals surface area contributed by atoms with E-state index in [1.807, 2.05) is 6.20 Å². The first-order valence-corrected chi connectivity index (χ1v) is 8.23. The van der Waals surface area contributed by atoms with E-state index in [0.717, 1.165) is 24.6 Å². The van der Waals surface area contributed by atoms with Crippen molar-refractivity contribution in [3.63, 3.8) is 0 Å². The monoisotopic (exact) mass is 286 g/mol. The molecule has 1 saturated carbocycles. The lowest BCUT2D eigenvalue weighted by Crippen LogP contribution is -2.09. The minimum absolute atomic E-state index is 0.625. The van der Waals surface area contributed by atoms with E-state index >= 15 is 0 Å². The Morgan fingerprint density at radius 1 is 1.33 bits per heavy atom. The van der Waals surface area contributed by atoms with Gasteiger partial charge in [0.25, 0.3) is 0 Å². The number of fused-ring (bicyclic) bond motifs is 1. The van der Waals surface area contributed by atoms with Gasteiger partial charge in [-0.2, -0.15) is 4.98 Å². The molecule has 2 aromatic heterocycles. The Morgan fingerprint density at radius 2 is 2.10 bits per heavy atom. The zero-order valence-corrected chi connectivity index (χ0v) is 13.4. The van der Waals surface area contributed by atoms with Crippen molar-refractivity contribution < 1.29 is 0 Å². The van der Waals surface area contributed by atoms with Crippen LogP contribution < -0.4 is 5.32 Å². The number of aromatic nitrogens is 3. The summed E-state index contributed by atoms with van der Waals surface area (Å²) in [6.07, 6.45) is 10.6. The molecule has 1 aliphatic rings. The quantitative estimate of drug-likeness (QED) is 0.890. The van der Waals surface area contributed by atoms with Gasteiger partial charge in [-0.05, 0) is 37.7 Å². The summed E-state index contributed by atoms with van der Waals surface area (Å²) in [4.78, 5) is 9.25. The highest BCUT2D eigenvalue weighted by Crippen LogP contribution is 2.33. The van der Waals surface area contributed by atoms with Crippen molar-refractivity contribution in [2.24, 2.45) is 5.92 Å². The van der Waals surface area contributed by atoms with Crippen LogP contribution in [0.5, 0.6) is 0 Å². The zero-order chi connectivity index (χ0) is 14.8. The fourth-order valence-electron chi connectivity index (χ4n) is 3.21. The maximum Gasteiger partial charge on any atom is 0.224 e. The molecule has 0 spiro atoms. The highest BCUT2D eigenvalue weighted by atomic mass is 15.2. The van der Waals surface area contributed by atoms with Crippen LogP contribution in [0.4, 0.5) is 5.95 Å². The van der Waals surface area contributed by atoms with Crippen molar-refractivity contribution in [3.8, 4) is 0 Å². The molecule has 0 radical (unpaired) electrons. The molecule has 0 amide bonds. The highest BCUT2D eigenvalue weighted by Gasteiger charge is 2.20. The number of hydrogen-bond acceptors (Lipinski definition) is 3. The van der Waals surface area contributed by atoms with Crippen LogP contribution in [0.25, 0.3) is 11.0 Å². The summed E-state index contributed by atoms with van der Waals surface area (Å²) in [7, 11) is 0. The van der Waals surface area contributed by atoms with E-state index in [9.17, 15) is 0 Å². The predicted octanol–water partition coefficient (Wildman–Crippen LogP) is 4.31. The maximum atomic E-state index is 4.78.